The quantitative estimate of drug-likeness (QED) is 0.657. The van der Waals surface area contributed by atoms with E-state index >= 15 is 0 Å². The van der Waals surface area contributed by atoms with E-state index in [1.54, 1.807) is 28.3 Å². The van der Waals surface area contributed by atoms with Crippen molar-refractivity contribution in [2.24, 2.45) is 0 Å². The first kappa shape index (κ1) is 15.4. The average molecular weight is 305 g/mol. The minimum atomic E-state index is -0.621. The van der Waals surface area contributed by atoms with Gasteiger partial charge in [-0.15, -0.1) is 11.3 Å². The van der Waals surface area contributed by atoms with E-state index in [2.05, 4.69) is 24.3 Å². The van der Waals surface area contributed by atoms with Crippen LogP contribution >= 0.6 is 11.3 Å². The third-order valence-electron chi connectivity index (χ3n) is 3.34. The second-order valence-electron chi connectivity index (χ2n) is 4.85. The first-order valence-corrected chi connectivity index (χ1v) is 7.90. The molecule has 5 nitrogen and oxygen atoms in total. The standard InChI is InChI=1S/C15H19N3O2S/c1-4-11(5-2)18-13(9-10(3)17-18)16-15(20)14(19)12-7-6-8-21-12/h6-9,11H,4-5H2,1-3H3,(H,16,20). The molecule has 1 amide bonds. The van der Waals surface area contributed by atoms with Crippen molar-refractivity contribution in [1.29, 1.82) is 0 Å². The smallest absolute Gasteiger partial charge is 0.298 e. The van der Waals surface area contributed by atoms with Gasteiger partial charge in [0.25, 0.3) is 11.7 Å². The highest BCUT2D eigenvalue weighted by molar-refractivity contribution is 7.13. The largest absolute Gasteiger partial charge is 0.304 e. The number of nitrogens with one attached hydrogen (secondary N) is 1. The van der Waals surface area contributed by atoms with E-state index in [0.29, 0.717) is 10.7 Å². The summed E-state index contributed by atoms with van der Waals surface area (Å²) in [6.07, 6.45) is 1.83. The van der Waals surface area contributed by atoms with Crippen LogP contribution in [0.5, 0.6) is 0 Å². The Morgan fingerprint density at radius 2 is 2.10 bits per heavy atom. The summed E-state index contributed by atoms with van der Waals surface area (Å²) in [5, 5.41) is 8.89. The van der Waals surface area contributed by atoms with Gasteiger partial charge in [-0.25, -0.2) is 4.68 Å². The molecule has 0 saturated heterocycles. The summed E-state index contributed by atoms with van der Waals surface area (Å²) in [5.41, 5.74) is 0.820. The predicted octanol–water partition coefficient (Wildman–Crippen LogP) is 3.44. The van der Waals surface area contributed by atoms with Gasteiger partial charge in [0, 0.05) is 6.07 Å². The number of ketones is 1. The highest BCUT2D eigenvalue weighted by atomic mass is 32.1. The molecule has 2 rings (SSSR count). The highest BCUT2D eigenvalue weighted by Gasteiger charge is 2.21. The third-order valence-corrected chi connectivity index (χ3v) is 4.21. The summed E-state index contributed by atoms with van der Waals surface area (Å²) in [4.78, 5) is 24.5. The van der Waals surface area contributed by atoms with E-state index in [9.17, 15) is 9.59 Å². The number of aromatic nitrogens is 2. The van der Waals surface area contributed by atoms with E-state index in [-0.39, 0.29) is 6.04 Å². The number of amides is 1. The van der Waals surface area contributed by atoms with Crippen molar-refractivity contribution in [3.05, 3.63) is 34.2 Å². The lowest BCUT2D eigenvalue weighted by molar-refractivity contribution is -0.112. The number of Topliss-reactive ketones (excluding diaryl/α,β-unsaturated/α-hetero) is 1. The Hall–Kier alpha value is -1.95. The van der Waals surface area contributed by atoms with Gasteiger partial charge in [0.2, 0.25) is 0 Å². The number of carbonyl (C=O) groups excluding carboxylic acids is 2. The lowest BCUT2D eigenvalue weighted by Crippen LogP contribution is -2.24. The van der Waals surface area contributed by atoms with Gasteiger partial charge >= 0.3 is 0 Å². The maximum atomic E-state index is 12.1. The zero-order valence-electron chi connectivity index (χ0n) is 12.4. The van der Waals surface area contributed by atoms with Crippen LogP contribution in [0, 0.1) is 6.92 Å². The van der Waals surface area contributed by atoms with Crippen LogP contribution in [0.25, 0.3) is 0 Å². The number of thiophene rings is 1. The van der Waals surface area contributed by atoms with Gasteiger partial charge < -0.3 is 5.32 Å². The van der Waals surface area contributed by atoms with Crippen LogP contribution in [0.4, 0.5) is 5.82 Å². The maximum Gasteiger partial charge on any atom is 0.298 e. The molecular formula is C15H19N3O2S. The number of aryl methyl sites for hydroxylation is 1. The van der Waals surface area contributed by atoms with Crippen LogP contribution < -0.4 is 5.32 Å². The molecule has 0 aliphatic rings. The molecule has 0 spiro atoms. The Balaban J connectivity index is 2.19. The van der Waals surface area contributed by atoms with Gasteiger partial charge in [0.15, 0.2) is 0 Å². The number of rotatable bonds is 6. The molecule has 0 bridgehead atoms. The number of carbonyl (C=O) groups is 2. The average Bonchev–Trinajstić information content (AvgIpc) is 3.10. The van der Waals surface area contributed by atoms with Crippen molar-refractivity contribution in [3.8, 4) is 0 Å². The monoisotopic (exact) mass is 305 g/mol. The van der Waals surface area contributed by atoms with Crippen LogP contribution in [-0.2, 0) is 4.79 Å². The number of hydrogen-bond donors (Lipinski definition) is 1. The Kier molecular flexibility index (Phi) is 4.90. The van der Waals surface area contributed by atoms with Crippen LogP contribution in [-0.4, -0.2) is 21.5 Å². The summed E-state index contributed by atoms with van der Waals surface area (Å²) >= 11 is 1.26. The van der Waals surface area contributed by atoms with Crippen molar-refractivity contribution in [1.82, 2.24) is 9.78 Å². The molecule has 0 radical (unpaired) electrons. The fraction of sp³-hybridized carbons (Fsp3) is 0.400. The van der Waals surface area contributed by atoms with Crippen molar-refractivity contribution in [2.45, 2.75) is 39.7 Å². The number of nitrogens with zero attached hydrogens (tertiary/aromatic N) is 2. The van der Waals surface area contributed by atoms with Crippen LogP contribution in [0.1, 0.15) is 48.1 Å². The second kappa shape index (κ2) is 6.67. The van der Waals surface area contributed by atoms with E-state index in [4.69, 9.17) is 0 Å². The molecule has 112 valence electrons. The molecular weight excluding hydrogens is 286 g/mol. The molecule has 1 N–H and O–H groups in total. The zero-order chi connectivity index (χ0) is 15.4. The van der Waals surface area contributed by atoms with Gasteiger partial charge in [-0.05, 0) is 31.2 Å². The van der Waals surface area contributed by atoms with Gasteiger partial charge in [0.1, 0.15) is 5.82 Å². The lowest BCUT2D eigenvalue weighted by Gasteiger charge is -2.16. The Bertz CT molecular complexity index is 627. The van der Waals surface area contributed by atoms with Gasteiger partial charge in [0.05, 0.1) is 16.6 Å². The van der Waals surface area contributed by atoms with E-state index < -0.39 is 11.7 Å². The van der Waals surface area contributed by atoms with Crippen molar-refractivity contribution in [2.75, 3.05) is 5.32 Å². The highest BCUT2D eigenvalue weighted by Crippen LogP contribution is 2.22. The van der Waals surface area contributed by atoms with Crippen LogP contribution in [0.2, 0.25) is 0 Å². The molecule has 0 atom stereocenters. The molecule has 0 aromatic carbocycles. The molecule has 6 heteroatoms. The minimum Gasteiger partial charge on any atom is -0.304 e. The Morgan fingerprint density at radius 1 is 1.38 bits per heavy atom. The molecule has 21 heavy (non-hydrogen) atoms. The maximum absolute atomic E-state index is 12.1. The summed E-state index contributed by atoms with van der Waals surface area (Å²) < 4.78 is 1.80. The second-order valence-corrected chi connectivity index (χ2v) is 5.79. The van der Waals surface area contributed by atoms with E-state index in [1.807, 2.05) is 6.92 Å². The summed E-state index contributed by atoms with van der Waals surface area (Å²) in [5.74, 6) is -0.555. The molecule has 2 aromatic heterocycles. The fourth-order valence-electron chi connectivity index (χ4n) is 2.22. The molecule has 2 heterocycles. The molecule has 0 aliphatic heterocycles. The SMILES string of the molecule is CCC(CC)n1nc(C)cc1NC(=O)C(=O)c1cccs1. The minimum absolute atomic E-state index is 0.214. The van der Waals surface area contributed by atoms with Gasteiger partial charge in [-0.3, -0.25) is 9.59 Å². The van der Waals surface area contributed by atoms with Crippen molar-refractivity contribution >= 4 is 28.8 Å². The zero-order valence-corrected chi connectivity index (χ0v) is 13.2. The topological polar surface area (TPSA) is 64.0 Å². The van der Waals surface area contributed by atoms with Crippen LogP contribution in [0.3, 0.4) is 0 Å². The first-order chi connectivity index (χ1) is 10.1. The van der Waals surface area contributed by atoms with Crippen molar-refractivity contribution in [3.63, 3.8) is 0 Å². The Labute approximate surface area is 128 Å². The normalized spacial score (nSPS) is 10.9. The van der Waals surface area contributed by atoms with Crippen molar-refractivity contribution < 1.29 is 9.59 Å². The number of hydrogen-bond acceptors (Lipinski definition) is 4. The number of anilines is 1. The summed E-state index contributed by atoms with van der Waals surface area (Å²) in [6, 6.07) is 5.41. The molecule has 2 aromatic rings. The molecule has 0 unspecified atom stereocenters. The van der Waals surface area contributed by atoms with E-state index in [1.165, 1.54) is 11.3 Å². The molecule has 0 fully saturated rings. The lowest BCUT2D eigenvalue weighted by atomic mass is 10.2. The van der Waals surface area contributed by atoms with Gasteiger partial charge in [-0.1, -0.05) is 19.9 Å². The predicted molar refractivity (Wildman–Crippen MR) is 83.9 cm³/mol. The summed E-state index contributed by atoms with van der Waals surface area (Å²) in [7, 11) is 0. The summed E-state index contributed by atoms with van der Waals surface area (Å²) in [6.45, 7) is 6.02. The first-order valence-electron chi connectivity index (χ1n) is 7.02. The third kappa shape index (κ3) is 3.39. The van der Waals surface area contributed by atoms with Gasteiger partial charge in [-0.2, -0.15) is 5.10 Å². The molecule has 0 saturated carbocycles. The Morgan fingerprint density at radius 3 is 2.67 bits per heavy atom. The van der Waals surface area contributed by atoms with E-state index in [0.717, 1.165) is 18.5 Å². The van der Waals surface area contributed by atoms with Crippen LogP contribution in [0.15, 0.2) is 23.6 Å². The molecule has 0 aliphatic carbocycles. The fourth-order valence-corrected chi connectivity index (χ4v) is 2.88.